The number of nitrogens with one attached hydrogen (secondary N) is 1. The van der Waals surface area contributed by atoms with E-state index >= 15 is 0 Å². The summed E-state index contributed by atoms with van der Waals surface area (Å²) in [5.41, 5.74) is 0. The summed E-state index contributed by atoms with van der Waals surface area (Å²) in [5.74, 6) is 0.284. The third kappa shape index (κ3) is 2.60. The quantitative estimate of drug-likeness (QED) is 0.642. The van der Waals surface area contributed by atoms with Crippen molar-refractivity contribution in [1.29, 1.82) is 0 Å². The molecule has 1 fully saturated rings. The molecule has 1 unspecified atom stereocenters. The lowest BCUT2D eigenvalue weighted by atomic mass is 10.1. The van der Waals surface area contributed by atoms with Crippen LogP contribution in [0.1, 0.15) is 19.8 Å². The zero-order valence-corrected chi connectivity index (χ0v) is 6.93. The van der Waals surface area contributed by atoms with Crippen LogP contribution >= 0.6 is 0 Å². The fourth-order valence-electron chi connectivity index (χ4n) is 1.19. The van der Waals surface area contributed by atoms with Gasteiger partial charge in [-0.3, -0.25) is 4.79 Å². The summed E-state index contributed by atoms with van der Waals surface area (Å²) in [6.45, 7) is 4.11. The summed E-state index contributed by atoms with van der Waals surface area (Å²) >= 11 is 0. The van der Waals surface area contributed by atoms with Crippen LogP contribution in [-0.4, -0.2) is 31.6 Å². The minimum absolute atomic E-state index is 0.0382. The first-order valence-electron chi connectivity index (χ1n) is 4.18. The van der Waals surface area contributed by atoms with Gasteiger partial charge < -0.3 is 10.1 Å². The van der Waals surface area contributed by atoms with Gasteiger partial charge in [0.05, 0.1) is 19.3 Å². The minimum atomic E-state index is -0.0382. The van der Waals surface area contributed by atoms with E-state index in [9.17, 15) is 4.79 Å². The molecule has 0 radical (unpaired) electrons. The Labute approximate surface area is 67.1 Å². The Hall–Kier alpha value is -0.410. The van der Waals surface area contributed by atoms with E-state index < -0.39 is 0 Å². The first kappa shape index (κ1) is 8.68. The third-order valence-electron chi connectivity index (χ3n) is 1.81. The van der Waals surface area contributed by atoms with Crippen LogP contribution in [0.25, 0.3) is 0 Å². The van der Waals surface area contributed by atoms with Gasteiger partial charge in [-0.15, -0.1) is 0 Å². The molecule has 0 aliphatic carbocycles. The lowest BCUT2D eigenvalue weighted by Crippen LogP contribution is -2.46. The van der Waals surface area contributed by atoms with E-state index in [-0.39, 0.29) is 11.8 Å². The summed E-state index contributed by atoms with van der Waals surface area (Å²) in [4.78, 5) is 11.3. The summed E-state index contributed by atoms with van der Waals surface area (Å²) < 4.78 is 5.17. The molecule has 0 spiro atoms. The molecular formula is C8H15NO2. The first-order valence-corrected chi connectivity index (χ1v) is 4.18. The van der Waals surface area contributed by atoms with Gasteiger partial charge in [-0.1, -0.05) is 6.92 Å². The van der Waals surface area contributed by atoms with Crippen molar-refractivity contribution in [2.75, 3.05) is 19.8 Å². The Balaban J connectivity index is 2.27. The molecule has 64 valence electrons. The van der Waals surface area contributed by atoms with Crippen molar-refractivity contribution in [2.24, 2.45) is 0 Å². The van der Waals surface area contributed by atoms with Gasteiger partial charge in [0, 0.05) is 13.0 Å². The van der Waals surface area contributed by atoms with Gasteiger partial charge in [0.25, 0.3) is 0 Å². The maximum atomic E-state index is 11.3. The van der Waals surface area contributed by atoms with Crippen molar-refractivity contribution in [2.45, 2.75) is 25.8 Å². The molecule has 11 heavy (non-hydrogen) atoms. The van der Waals surface area contributed by atoms with Gasteiger partial charge >= 0.3 is 0 Å². The Morgan fingerprint density at radius 3 is 3.09 bits per heavy atom. The molecule has 0 aromatic carbocycles. The fraction of sp³-hybridized carbons (Fsp3) is 0.875. The summed E-state index contributed by atoms with van der Waals surface area (Å²) in [6, 6.07) is -0.0382. The third-order valence-corrected chi connectivity index (χ3v) is 1.81. The predicted octanol–water partition coefficient (Wildman–Crippen LogP) is 0.344. The lowest BCUT2D eigenvalue weighted by Gasteiger charge is -2.22. The van der Waals surface area contributed by atoms with Crippen molar-refractivity contribution < 1.29 is 9.53 Å². The predicted molar refractivity (Wildman–Crippen MR) is 42.5 cm³/mol. The Morgan fingerprint density at radius 2 is 2.55 bits per heavy atom. The van der Waals surface area contributed by atoms with Crippen LogP contribution in [0.4, 0.5) is 0 Å². The topological polar surface area (TPSA) is 38.3 Å². The maximum absolute atomic E-state index is 11.3. The van der Waals surface area contributed by atoms with Crippen LogP contribution in [0.5, 0.6) is 0 Å². The molecule has 1 N–H and O–H groups in total. The van der Waals surface area contributed by atoms with E-state index in [1.54, 1.807) is 0 Å². The number of morpholine rings is 1. The van der Waals surface area contributed by atoms with E-state index in [1.165, 1.54) is 0 Å². The van der Waals surface area contributed by atoms with Crippen molar-refractivity contribution in [3.63, 3.8) is 0 Å². The average molecular weight is 157 g/mol. The van der Waals surface area contributed by atoms with Gasteiger partial charge in [0.2, 0.25) is 0 Å². The molecule has 0 amide bonds. The molecule has 1 aliphatic rings. The number of ketones is 1. The zero-order valence-electron chi connectivity index (χ0n) is 6.93. The van der Waals surface area contributed by atoms with Crippen LogP contribution < -0.4 is 5.32 Å². The van der Waals surface area contributed by atoms with Crippen LogP contribution in [0.3, 0.4) is 0 Å². The molecule has 1 atom stereocenters. The van der Waals surface area contributed by atoms with Crippen LogP contribution in [0.15, 0.2) is 0 Å². The highest BCUT2D eigenvalue weighted by molar-refractivity contribution is 5.84. The molecule has 1 heterocycles. The van der Waals surface area contributed by atoms with Crippen molar-refractivity contribution >= 4 is 5.78 Å². The minimum Gasteiger partial charge on any atom is -0.378 e. The van der Waals surface area contributed by atoms with Crippen LogP contribution in [0, 0.1) is 0 Å². The number of hydrogen-bond donors (Lipinski definition) is 1. The molecule has 1 aliphatic heterocycles. The highest BCUT2D eigenvalue weighted by atomic mass is 16.5. The van der Waals surface area contributed by atoms with E-state index in [0.29, 0.717) is 13.0 Å². The van der Waals surface area contributed by atoms with Gasteiger partial charge in [-0.2, -0.15) is 0 Å². The standard InChI is InChI=1S/C8H15NO2/c1-2-3-8(10)7-6-11-5-4-9-7/h7,9H,2-6H2,1H3. The summed E-state index contributed by atoms with van der Waals surface area (Å²) in [7, 11) is 0. The van der Waals surface area contributed by atoms with E-state index in [4.69, 9.17) is 4.74 Å². The van der Waals surface area contributed by atoms with Crippen LogP contribution in [-0.2, 0) is 9.53 Å². The molecule has 1 rings (SSSR count). The largest absolute Gasteiger partial charge is 0.378 e. The smallest absolute Gasteiger partial charge is 0.152 e. The van der Waals surface area contributed by atoms with Gasteiger partial charge in [-0.25, -0.2) is 0 Å². The number of carbonyl (C=O) groups is 1. The van der Waals surface area contributed by atoms with Gasteiger partial charge in [-0.05, 0) is 6.42 Å². The van der Waals surface area contributed by atoms with E-state index in [1.807, 2.05) is 6.92 Å². The maximum Gasteiger partial charge on any atom is 0.152 e. The van der Waals surface area contributed by atoms with Crippen molar-refractivity contribution in [1.82, 2.24) is 5.32 Å². The monoisotopic (exact) mass is 157 g/mol. The number of Topliss-reactive ketones (excluding diaryl/α,β-unsaturated/α-hetero) is 1. The molecule has 1 saturated heterocycles. The normalized spacial score (nSPS) is 25.0. The molecule has 0 aromatic rings. The molecule has 0 aromatic heterocycles. The van der Waals surface area contributed by atoms with Crippen molar-refractivity contribution in [3.05, 3.63) is 0 Å². The first-order chi connectivity index (χ1) is 5.34. The molecule has 0 bridgehead atoms. The highest BCUT2D eigenvalue weighted by Gasteiger charge is 2.19. The van der Waals surface area contributed by atoms with Gasteiger partial charge in [0.15, 0.2) is 5.78 Å². The van der Waals surface area contributed by atoms with Gasteiger partial charge in [0.1, 0.15) is 0 Å². The summed E-state index contributed by atoms with van der Waals surface area (Å²) in [6.07, 6.45) is 1.60. The number of ether oxygens (including phenoxy) is 1. The van der Waals surface area contributed by atoms with Crippen LogP contribution in [0.2, 0.25) is 0 Å². The lowest BCUT2D eigenvalue weighted by molar-refractivity contribution is -0.123. The zero-order chi connectivity index (χ0) is 8.10. The highest BCUT2D eigenvalue weighted by Crippen LogP contribution is 1.99. The second kappa shape index (κ2) is 4.46. The number of hydrogen-bond acceptors (Lipinski definition) is 3. The average Bonchev–Trinajstić information content (AvgIpc) is 2.07. The second-order valence-corrected chi connectivity index (χ2v) is 2.80. The van der Waals surface area contributed by atoms with E-state index in [0.717, 1.165) is 19.6 Å². The van der Waals surface area contributed by atoms with Crippen molar-refractivity contribution in [3.8, 4) is 0 Å². The second-order valence-electron chi connectivity index (χ2n) is 2.80. The SMILES string of the molecule is CCCC(=O)C1COCCN1. The Kier molecular flexibility index (Phi) is 3.52. The molecular weight excluding hydrogens is 142 g/mol. The number of rotatable bonds is 3. The molecule has 3 nitrogen and oxygen atoms in total. The summed E-state index contributed by atoms with van der Waals surface area (Å²) in [5, 5.41) is 3.13. The molecule has 0 saturated carbocycles. The van der Waals surface area contributed by atoms with E-state index in [2.05, 4.69) is 5.32 Å². The fourth-order valence-corrected chi connectivity index (χ4v) is 1.19. The Bertz CT molecular complexity index is 130. The Morgan fingerprint density at radius 1 is 1.73 bits per heavy atom. The number of carbonyl (C=O) groups excluding carboxylic acids is 1. The molecule has 3 heteroatoms.